The van der Waals surface area contributed by atoms with E-state index in [-0.39, 0.29) is 11.3 Å². The van der Waals surface area contributed by atoms with Crippen LogP contribution in [0.4, 0.5) is 11.4 Å². The first-order valence-corrected chi connectivity index (χ1v) is 5.15. The van der Waals surface area contributed by atoms with Gasteiger partial charge in [-0.25, -0.2) is 0 Å². The quantitative estimate of drug-likeness (QED) is 0.427. The first-order valence-electron chi connectivity index (χ1n) is 5.15. The van der Waals surface area contributed by atoms with E-state index in [0.717, 1.165) is 5.69 Å². The number of nitrogens with one attached hydrogen (secondary N) is 2. The van der Waals surface area contributed by atoms with Gasteiger partial charge in [0.25, 0.3) is 0 Å². The van der Waals surface area contributed by atoms with Gasteiger partial charge in [-0.3, -0.25) is 4.79 Å². The second kappa shape index (κ2) is 5.03. The lowest BCUT2D eigenvalue weighted by Crippen LogP contribution is -2.08. The number of aromatic hydroxyl groups is 1. The van der Waals surface area contributed by atoms with E-state index < -0.39 is 0 Å². The Kier molecular flexibility index (Phi) is 3.25. The van der Waals surface area contributed by atoms with Crippen LogP contribution in [0, 0.1) is 0 Å². The van der Waals surface area contributed by atoms with E-state index in [1.54, 1.807) is 12.1 Å². The van der Waals surface area contributed by atoms with Crippen molar-refractivity contribution in [3.05, 3.63) is 54.1 Å². The summed E-state index contributed by atoms with van der Waals surface area (Å²) in [6, 6.07) is 14.3. The molecule has 3 N–H and O–H groups in total. The SMILES string of the molecule is O=Cc1cc(NNc2ccccc2)ccc1O. The van der Waals surface area contributed by atoms with E-state index in [0.29, 0.717) is 12.0 Å². The number of para-hydroxylation sites is 1. The van der Waals surface area contributed by atoms with Gasteiger partial charge in [0.2, 0.25) is 0 Å². The molecule has 4 nitrogen and oxygen atoms in total. The number of phenols is 1. The van der Waals surface area contributed by atoms with Gasteiger partial charge in [0.05, 0.1) is 16.9 Å². The first-order chi connectivity index (χ1) is 8.29. The zero-order valence-corrected chi connectivity index (χ0v) is 9.05. The number of rotatable bonds is 4. The lowest BCUT2D eigenvalue weighted by atomic mass is 10.2. The Morgan fingerprint density at radius 1 is 0.941 bits per heavy atom. The highest BCUT2D eigenvalue weighted by Crippen LogP contribution is 2.19. The van der Waals surface area contributed by atoms with Crippen molar-refractivity contribution < 1.29 is 9.90 Å². The summed E-state index contributed by atoms with van der Waals surface area (Å²) in [6.45, 7) is 0. The molecule has 0 unspecified atom stereocenters. The van der Waals surface area contributed by atoms with Crippen molar-refractivity contribution in [3.8, 4) is 5.75 Å². The molecule has 0 aromatic heterocycles. The van der Waals surface area contributed by atoms with Gasteiger partial charge < -0.3 is 16.0 Å². The topological polar surface area (TPSA) is 61.4 Å². The Labute approximate surface area is 98.9 Å². The summed E-state index contributed by atoms with van der Waals surface area (Å²) in [5, 5.41) is 9.34. The molecule has 0 spiro atoms. The molecule has 4 heteroatoms. The Morgan fingerprint density at radius 3 is 2.35 bits per heavy atom. The fourth-order valence-corrected chi connectivity index (χ4v) is 1.39. The number of hydrogen-bond donors (Lipinski definition) is 3. The van der Waals surface area contributed by atoms with Gasteiger partial charge >= 0.3 is 0 Å². The standard InChI is InChI=1S/C13H12N2O2/c16-9-10-8-12(6-7-13(10)17)15-14-11-4-2-1-3-5-11/h1-9,14-15,17H. The van der Waals surface area contributed by atoms with E-state index in [9.17, 15) is 9.90 Å². The molecule has 0 saturated carbocycles. The predicted molar refractivity (Wildman–Crippen MR) is 67.2 cm³/mol. The number of benzene rings is 2. The van der Waals surface area contributed by atoms with Crippen LogP contribution in [0.15, 0.2) is 48.5 Å². The number of phenolic OH excluding ortho intramolecular Hbond substituents is 1. The van der Waals surface area contributed by atoms with Crippen LogP contribution in [0.5, 0.6) is 5.75 Å². The molecule has 0 aliphatic rings. The minimum absolute atomic E-state index is 0.0229. The summed E-state index contributed by atoms with van der Waals surface area (Å²) < 4.78 is 0. The molecule has 0 amide bonds. The smallest absolute Gasteiger partial charge is 0.153 e. The Balaban J connectivity index is 2.07. The maximum absolute atomic E-state index is 10.6. The van der Waals surface area contributed by atoms with Crippen LogP contribution in [0.1, 0.15) is 10.4 Å². The summed E-state index contributed by atoms with van der Waals surface area (Å²) in [6.07, 6.45) is 0.614. The number of hydrogen-bond acceptors (Lipinski definition) is 4. The minimum Gasteiger partial charge on any atom is -0.507 e. The number of carbonyl (C=O) groups is 1. The minimum atomic E-state index is -0.0229. The summed E-state index contributed by atoms with van der Waals surface area (Å²) in [5.41, 5.74) is 7.79. The van der Waals surface area contributed by atoms with Crippen molar-refractivity contribution in [2.45, 2.75) is 0 Å². The number of hydrazine groups is 1. The van der Waals surface area contributed by atoms with Gasteiger partial charge in [-0.15, -0.1) is 0 Å². The van der Waals surface area contributed by atoms with Crippen molar-refractivity contribution >= 4 is 17.7 Å². The van der Waals surface area contributed by atoms with Crippen LogP contribution in [0.2, 0.25) is 0 Å². The molecule has 17 heavy (non-hydrogen) atoms. The Morgan fingerprint density at radius 2 is 1.65 bits per heavy atom. The average molecular weight is 228 g/mol. The number of aldehydes is 1. The van der Waals surface area contributed by atoms with E-state index in [1.807, 2.05) is 30.3 Å². The third kappa shape index (κ3) is 2.75. The third-order valence-corrected chi connectivity index (χ3v) is 2.28. The fourth-order valence-electron chi connectivity index (χ4n) is 1.39. The Bertz CT molecular complexity index is 512. The predicted octanol–water partition coefficient (Wildman–Crippen LogP) is 2.64. The molecule has 0 heterocycles. The van der Waals surface area contributed by atoms with Gasteiger partial charge in [-0.05, 0) is 30.3 Å². The zero-order valence-electron chi connectivity index (χ0n) is 9.05. The largest absolute Gasteiger partial charge is 0.507 e. The maximum atomic E-state index is 10.6. The maximum Gasteiger partial charge on any atom is 0.153 e. The first kappa shape index (κ1) is 11.0. The third-order valence-electron chi connectivity index (χ3n) is 2.28. The highest BCUT2D eigenvalue weighted by atomic mass is 16.3. The molecule has 2 aromatic carbocycles. The van der Waals surface area contributed by atoms with E-state index in [2.05, 4.69) is 10.9 Å². The highest BCUT2D eigenvalue weighted by Gasteiger charge is 2.00. The van der Waals surface area contributed by atoms with Crippen molar-refractivity contribution in [3.63, 3.8) is 0 Å². The highest BCUT2D eigenvalue weighted by molar-refractivity contribution is 5.81. The average Bonchev–Trinajstić information content (AvgIpc) is 2.39. The van der Waals surface area contributed by atoms with Gasteiger partial charge in [-0.1, -0.05) is 18.2 Å². The second-order valence-corrected chi connectivity index (χ2v) is 3.51. The van der Waals surface area contributed by atoms with Gasteiger partial charge in [0.15, 0.2) is 6.29 Å². The van der Waals surface area contributed by atoms with Gasteiger partial charge in [-0.2, -0.15) is 0 Å². The van der Waals surface area contributed by atoms with Gasteiger partial charge in [0.1, 0.15) is 5.75 Å². The molecule has 0 bridgehead atoms. The van der Waals surface area contributed by atoms with Crippen molar-refractivity contribution in [2.75, 3.05) is 10.9 Å². The molecule has 0 aliphatic heterocycles. The van der Waals surface area contributed by atoms with Crippen molar-refractivity contribution in [2.24, 2.45) is 0 Å². The molecular formula is C13H12N2O2. The summed E-state index contributed by atoms with van der Waals surface area (Å²) in [5.74, 6) is -0.0229. The molecule has 2 rings (SSSR count). The van der Waals surface area contributed by atoms with Crippen LogP contribution in [-0.4, -0.2) is 11.4 Å². The molecule has 0 saturated heterocycles. The van der Waals surface area contributed by atoms with Crippen molar-refractivity contribution in [1.29, 1.82) is 0 Å². The summed E-state index contributed by atoms with van der Waals surface area (Å²) >= 11 is 0. The van der Waals surface area contributed by atoms with Crippen LogP contribution in [0.25, 0.3) is 0 Å². The molecule has 86 valence electrons. The van der Waals surface area contributed by atoms with E-state index >= 15 is 0 Å². The Hall–Kier alpha value is -2.49. The van der Waals surface area contributed by atoms with Crippen LogP contribution in [0.3, 0.4) is 0 Å². The molecule has 0 aliphatic carbocycles. The monoisotopic (exact) mass is 228 g/mol. The molecule has 2 aromatic rings. The lowest BCUT2D eigenvalue weighted by molar-refractivity contribution is 0.112. The van der Waals surface area contributed by atoms with E-state index in [4.69, 9.17) is 0 Å². The summed E-state index contributed by atoms with van der Waals surface area (Å²) in [7, 11) is 0. The zero-order chi connectivity index (χ0) is 12.1. The van der Waals surface area contributed by atoms with Crippen LogP contribution >= 0.6 is 0 Å². The normalized spacial score (nSPS) is 9.65. The second-order valence-electron chi connectivity index (χ2n) is 3.51. The van der Waals surface area contributed by atoms with Crippen LogP contribution < -0.4 is 10.9 Å². The van der Waals surface area contributed by atoms with Crippen molar-refractivity contribution in [1.82, 2.24) is 0 Å². The molecule has 0 fully saturated rings. The summed E-state index contributed by atoms with van der Waals surface area (Å²) in [4.78, 5) is 10.6. The van der Waals surface area contributed by atoms with Gasteiger partial charge in [0, 0.05) is 0 Å². The molecular weight excluding hydrogens is 216 g/mol. The number of carbonyl (C=O) groups excluding carboxylic acids is 1. The van der Waals surface area contributed by atoms with Crippen LogP contribution in [-0.2, 0) is 0 Å². The lowest BCUT2D eigenvalue weighted by Gasteiger charge is -2.10. The molecule has 0 atom stereocenters. The molecule has 0 radical (unpaired) electrons. The van der Waals surface area contributed by atoms with E-state index in [1.165, 1.54) is 6.07 Å². The fraction of sp³-hybridized carbons (Fsp3) is 0. The number of anilines is 2.